The molecule has 2 amide bonds. The molecule has 0 bridgehead atoms. The lowest BCUT2D eigenvalue weighted by molar-refractivity contribution is -0.380. The van der Waals surface area contributed by atoms with Crippen molar-refractivity contribution in [1.29, 1.82) is 0 Å². The van der Waals surface area contributed by atoms with Gasteiger partial charge in [-0.05, 0) is 50.8 Å². The van der Waals surface area contributed by atoms with E-state index in [2.05, 4.69) is 10.6 Å². The Labute approximate surface area is 149 Å². The number of rotatable bonds is 6. The number of nitrogens with zero attached hydrogens (tertiary/aromatic N) is 2. The second-order valence-corrected chi connectivity index (χ2v) is 7.55. The quantitative estimate of drug-likeness (QED) is 0.584. The molecule has 2 aliphatic heterocycles. The zero-order valence-corrected chi connectivity index (χ0v) is 14.7. The fourth-order valence-corrected chi connectivity index (χ4v) is 4.22. The lowest BCUT2D eigenvalue weighted by Crippen LogP contribution is -2.46. The molecular formula is C16H22N4O4S. The summed E-state index contributed by atoms with van der Waals surface area (Å²) in [6.07, 6.45) is 3.48. The number of carbonyl (C=O) groups excluding carboxylic acids is 2. The van der Waals surface area contributed by atoms with E-state index in [4.69, 9.17) is 0 Å². The minimum absolute atomic E-state index is 0.0614. The lowest BCUT2D eigenvalue weighted by atomic mass is 10.1. The fraction of sp³-hybridized carbons (Fsp3) is 0.625. The molecule has 0 aromatic carbocycles. The van der Waals surface area contributed by atoms with Crippen LogP contribution in [0.2, 0.25) is 0 Å². The molecular weight excluding hydrogens is 344 g/mol. The maximum atomic E-state index is 12.6. The molecule has 136 valence electrons. The number of thiophene rings is 1. The lowest BCUT2D eigenvalue weighted by Gasteiger charge is -2.23. The number of carbonyl (C=O) groups is 2. The monoisotopic (exact) mass is 366 g/mol. The molecule has 2 unspecified atom stereocenters. The van der Waals surface area contributed by atoms with Crippen molar-refractivity contribution in [1.82, 2.24) is 15.5 Å². The Hall–Kier alpha value is -2.00. The summed E-state index contributed by atoms with van der Waals surface area (Å²) >= 11 is 0.855. The van der Waals surface area contributed by atoms with E-state index < -0.39 is 11.0 Å². The second-order valence-electron chi connectivity index (χ2n) is 6.49. The van der Waals surface area contributed by atoms with E-state index in [0.717, 1.165) is 43.7 Å². The fourth-order valence-electron chi connectivity index (χ4n) is 3.44. The van der Waals surface area contributed by atoms with Gasteiger partial charge in [0, 0.05) is 19.2 Å². The van der Waals surface area contributed by atoms with Gasteiger partial charge in [0.25, 0.3) is 5.91 Å². The highest BCUT2D eigenvalue weighted by Crippen LogP contribution is 2.28. The van der Waals surface area contributed by atoms with E-state index in [1.54, 1.807) is 4.90 Å². The summed E-state index contributed by atoms with van der Waals surface area (Å²) in [6, 6.07) is 2.32. The number of likely N-dealkylation sites (tertiary alicyclic amines) is 1. The molecule has 3 heterocycles. The molecule has 9 heteroatoms. The molecule has 3 rings (SSSR count). The van der Waals surface area contributed by atoms with E-state index in [9.17, 15) is 19.7 Å². The summed E-state index contributed by atoms with van der Waals surface area (Å²) in [5.41, 5.74) is 0. The van der Waals surface area contributed by atoms with Crippen molar-refractivity contribution in [2.24, 2.45) is 5.92 Å². The van der Waals surface area contributed by atoms with Crippen LogP contribution < -0.4 is 10.6 Å². The summed E-state index contributed by atoms with van der Waals surface area (Å²) in [5.74, 6) is 0.187. The van der Waals surface area contributed by atoms with Crippen LogP contribution in [0.1, 0.15) is 35.4 Å². The van der Waals surface area contributed by atoms with Gasteiger partial charge in [-0.15, -0.1) is 0 Å². The van der Waals surface area contributed by atoms with Gasteiger partial charge in [0.1, 0.15) is 6.04 Å². The number of nitro groups is 1. The maximum Gasteiger partial charge on any atom is 0.324 e. The summed E-state index contributed by atoms with van der Waals surface area (Å²) in [5, 5.41) is 17.0. The van der Waals surface area contributed by atoms with Crippen LogP contribution in [0.25, 0.3) is 0 Å². The number of nitrogens with one attached hydrogen (secondary N) is 2. The molecule has 1 aromatic rings. The van der Waals surface area contributed by atoms with Crippen molar-refractivity contribution >= 4 is 28.2 Å². The van der Waals surface area contributed by atoms with Crippen LogP contribution in [-0.2, 0) is 4.79 Å². The zero-order valence-electron chi connectivity index (χ0n) is 13.9. The first kappa shape index (κ1) is 17.8. The Kier molecular flexibility index (Phi) is 5.64. The van der Waals surface area contributed by atoms with Crippen LogP contribution in [0.4, 0.5) is 5.00 Å². The molecule has 2 N–H and O–H groups in total. The van der Waals surface area contributed by atoms with Gasteiger partial charge in [0.05, 0.1) is 9.80 Å². The molecule has 0 aliphatic carbocycles. The minimum Gasteiger partial charge on any atom is -0.354 e. The zero-order chi connectivity index (χ0) is 17.8. The van der Waals surface area contributed by atoms with E-state index in [1.165, 1.54) is 12.1 Å². The molecule has 0 radical (unpaired) electrons. The summed E-state index contributed by atoms with van der Waals surface area (Å²) in [7, 11) is 0. The summed E-state index contributed by atoms with van der Waals surface area (Å²) in [4.78, 5) is 37.2. The van der Waals surface area contributed by atoms with Gasteiger partial charge in [-0.25, -0.2) is 0 Å². The first-order chi connectivity index (χ1) is 12.1. The van der Waals surface area contributed by atoms with Gasteiger partial charge in [0.2, 0.25) is 5.91 Å². The highest BCUT2D eigenvalue weighted by atomic mass is 32.1. The van der Waals surface area contributed by atoms with Gasteiger partial charge in [-0.3, -0.25) is 19.7 Å². The first-order valence-electron chi connectivity index (χ1n) is 8.60. The minimum atomic E-state index is -0.506. The van der Waals surface area contributed by atoms with Crippen molar-refractivity contribution in [3.63, 3.8) is 0 Å². The van der Waals surface area contributed by atoms with E-state index in [1.807, 2.05) is 0 Å². The molecule has 2 fully saturated rings. The van der Waals surface area contributed by atoms with Gasteiger partial charge < -0.3 is 15.5 Å². The molecule has 25 heavy (non-hydrogen) atoms. The van der Waals surface area contributed by atoms with Crippen LogP contribution in [-0.4, -0.2) is 53.9 Å². The summed E-state index contributed by atoms with van der Waals surface area (Å²) in [6.45, 7) is 3.17. The molecule has 0 saturated carbocycles. The van der Waals surface area contributed by atoms with Crippen molar-refractivity contribution in [2.45, 2.75) is 31.7 Å². The second kappa shape index (κ2) is 7.92. The number of hydrogen-bond donors (Lipinski definition) is 2. The third kappa shape index (κ3) is 4.16. The smallest absolute Gasteiger partial charge is 0.324 e. The standard InChI is InChI=1S/C16H22N4O4S/c21-15(18-8-6-11-5-7-17-10-11)12-2-1-9-19(12)16(22)13-3-4-14(25-13)20(23)24/h3-4,11-12,17H,1-2,5-10H2,(H,18,21). The highest BCUT2D eigenvalue weighted by molar-refractivity contribution is 7.17. The van der Waals surface area contributed by atoms with Gasteiger partial charge >= 0.3 is 5.00 Å². The Morgan fingerprint density at radius 2 is 2.24 bits per heavy atom. The Morgan fingerprint density at radius 3 is 2.92 bits per heavy atom. The first-order valence-corrected chi connectivity index (χ1v) is 9.41. The molecule has 2 atom stereocenters. The van der Waals surface area contributed by atoms with Crippen LogP contribution in [0, 0.1) is 16.0 Å². The van der Waals surface area contributed by atoms with Crippen molar-refractivity contribution in [3.8, 4) is 0 Å². The molecule has 1 aromatic heterocycles. The molecule has 2 saturated heterocycles. The van der Waals surface area contributed by atoms with Crippen molar-refractivity contribution < 1.29 is 14.5 Å². The third-order valence-corrected chi connectivity index (χ3v) is 5.84. The maximum absolute atomic E-state index is 12.6. The largest absolute Gasteiger partial charge is 0.354 e. The molecule has 0 spiro atoms. The van der Waals surface area contributed by atoms with E-state index >= 15 is 0 Å². The van der Waals surface area contributed by atoms with Crippen molar-refractivity contribution in [3.05, 3.63) is 27.1 Å². The van der Waals surface area contributed by atoms with Crippen LogP contribution in [0.5, 0.6) is 0 Å². The van der Waals surface area contributed by atoms with Crippen LogP contribution in [0.15, 0.2) is 12.1 Å². The molecule has 2 aliphatic rings. The molecule has 8 nitrogen and oxygen atoms in total. The van der Waals surface area contributed by atoms with E-state index in [0.29, 0.717) is 30.3 Å². The van der Waals surface area contributed by atoms with Crippen molar-refractivity contribution in [2.75, 3.05) is 26.2 Å². The predicted octanol–water partition coefficient (Wildman–Crippen LogP) is 1.38. The van der Waals surface area contributed by atoms with Gasteiger partial charge in [-0.2, -0.15) is 0 Å². The topological polar surface area (TPSA) is 105 Å². The Morgan fingerprint density at radius 1 is 1.40 bits per heavy atom. The average Bonchev–Trinajstić information content (AvgIpc) is 3.33. The normalized spacial score (nSPS) is 23.0. The predicted molar refractivity (Wildman–Crippen MR) is 93.6 cm³/mol. The summed E-state index contributed by atoms with van der Waals surface area (Å²) < 4.78 is 0. The SMILES string of the molecule is O=C(NCCC1CCNC1)C1CCCN1C(=O)c1ccc([N+](=O)[O-])s1. The highest BCUT2D eigenvalue weighted by Gasteiger charge is 2.35. The van der Waals surface area contributed by atoms with Crippen LogP contribution >= 0.6 is 11.3 Å². The van der Waals surface area contributed by atoms with E-state index in [-0.39, 0.29) is 16.8 Å². The average molecular weight is 366 g/mol. The Bertz CT molecular complexity index is 656. The third-order valence-electron chi connectivity index (χ3n) is 4.81. The van der Waals surface area contributed by atoms with Gasteiger partial charge in [-0.1, -0.05) is 11.3 Å². The van der Waals surface area contributed by atoms with Crippen LogP contribution in [0.3, 0.4) is 0 Å². The Balaban J connectivity index is 1.55. The van der Waals surface area contributed by atoms with Gasteiger partial charge in [0.15, 0.2) is 0 Å². The number of hydrogen-bond acceptors (Lipinski definition) is 6. The number of amides is 2.